The molecule has 2 aromatic heterocycles. The molecular weight excluding hydrogens is 719 g/mol. The number of para-hydroxylation sites is 1. The Morgan fingerprint density at radius 2 is 1.20 bits per heavy atom. The Kier molecular flexibility index (Phi) is 9.90. The van der Waals surface area contributed by atoms with Crippen molar-refractivity contribution in [1.29, 1.82) is 0 Å². The second-order valence-corrected chi connectivity index (χ2v) is 19.1. The molecule has 0 bridgehead atoms. The molecular formula is C55H57N3O. The van der Waals surface area contributed by atoms with Gasteiger partial charge in [-0.15, -0.1) is 0 Å². The number of imidazole rings is 1. The number of aromatic hydroxyl groups is 1. The summed E-state index contributed by atoms with van der Waals surface area (Å²) in [7, 11) is 0. The highest BCUT2D eigenvalue weighted by Crippen LogP contribution is 2.44. The molecule has 4 heteroatoms. The van der Waals surface area contributed by atoms with Crippen molar-refractivity contribution in [3.63, 3.8) is 0 Å². The predicted molar refractivity (Wildman–Crippen MR) is 250 cm³/mol. The number of pyridine rings is 1. The van der Waals surface area contributed by atoms with Crippen LogP contribution in [0.15, 0.2) is 115 Å². The van der Waals surface area contributed by atoms with Gasteiger partial charge in [-0.2, -0.15) is 0 Å². The summed E-state index contributed by atoms with van der Waals surface area (Å²) in [6, 6.07) is 39.6. The van der Waals surface area contributed by atoms with Gasteiger partial charge in [0.25, 0.3) is 0 Å². The van der Waals surface area contributed by atoms with Crippen molar-refractivity contribution < 1.29 is 5.11 Å². The van der Waals surface area contributed by atoms with E-state index in [4.69, 9.17) is 9.97 Å². The molecule has 0 spiro atoms. The minimum Gasteiger partial charge on any atom is -0.507 e. The fourth-order valence-electron chi connectivity index (χ4n) is 8.94. The maximum atomic E-state index is 11.7. The molecule has 0 unspecified atom stereocenters. The molecule has 2 heterocycles. The van der Waals surface area contributed by atoms with Crippen LogP contribution in [0.3, 0.4) is 0 Å². The van der Waals surface area contributed by atoms with Gasteiger partial charge in [-0.1, -0.05) is 122 Å². The number of fused-ring (bicyclic) bond motifs is 2. The van der Waals surface area contributed by atoms with E-state index in [1.165, 1.54) is 38.8 Å². The molecule has 0 aliphatic carbocycles. The topological polar surface area (TPSA) is 50.9 Å². The number of aromatic nitrogens is 3. The van der Waals surface area contributed by atoms with Crippen LogP contribution < -0.4 is 0 Å². The molecule has 6 aromatic carbocycles. The Labute approximate surface area is 350 Å². The zero-order valence-electron chi connectivity index (χ0n) is 36.8. The Morgan fingerprint density at radius 1 is 0.576 bits per heavy atom. The molecule has 0 atom stereocenters. The quantitative estimate of drug-likeness (QED) is 0.183. The van der Waals surface area contributed by atoms with Crippen LogP contribution in [-0.4, -0.2) is 19.6 Å². The summed E-state index contributed by atoms with van der Waals surface area (Å²) in [5.41, 5.74) is 19.7. The molecule has 0 fully saturated rings. The van der Waals surface area contributed by atoms with Crippen molar-refractivity contribution in [3.8, 4) is 56.2 Å². The lowest BCUT2D eigenvalue weighted by Gasteiger charge is -2.21. The van der Waals surface area contributed by atoms with Gasteiger partial charge in [0.15, 0.2) is 0 Å². The van der Waals surface area contributed by atoms with Gasteiger partial charge in [-0.05, 0) is 149 Å². The molecule has 0 saturated carbocycles. The zero-order valence-corrected chi connectivity index (χ0v) is 36.8. The lowest BCUT2D eigenvalue weighted by atomic mass is 9.86. The van der Waals surface area contributed by atoms with Crippen molar-refractivity contribution in [3.05, 3.63) is 154 Å². The van der Waals surface area contributed by atoms with E-state index in [1.54, 1.807) is 0 Å². The molecule has 0 radical (unpaired) electrons. The second kappa shape index (κ2) is 14.7. The first-order valence-corrected chi connectivity index (χ1v) is 21.0. The molecule has 4 nitrogen and oxygen atoms in total. The van der Waals surface area contributed by atoms with Crippen molar-refractivity contribution in [2.45, 2.75) is 99.8 Å². The SMILES string of the molecule is Cc1cc(-c2cccc3c(C(C)C)ccnc23)cc(-c2cc(-c3c(C)cc(C)cc3C)cc3c2nc(-c2cc(C(C)(C)C)ccc2O)n3-c2ccc(C(C)(C)C)cc2)c1. The third kappa shape index (κ3) is 7.35. The standard InChI is InChI=1S/C55H57N3O/c1-32(2)43-22-23-56-51-44(14-13-15-45(43)51)37-26-34(4)27-38(28-37)46-29-39(50-35(5)24-33(3)25-36(50)6)30-48-52(46)57-53(47-31-41(55(10,11)12)18-21-49(47)59)58(48)42-19-16-40(17-20-42)54(7,8)9/h13-32,59H,1-12H3. The first kappa shape index (κ1) is 39.8. The van der Waals surface area contributed by atoms with Crippen LogP contribution in [0.25, 0.3) is 72.4 Å². The number of phenols is 1. The summed E-state index contributed by atoms with van der Waals surface area (Å²) < 4.78 is 2.26. The van der Waals surface area contributed by atoms with Gasteiger partial charge in [0.1, 0.15) is 11.6 Å². The van der Waals surface area contributed by atoms with Gasteiger partial charge in [0.05, 0.1) is 22.1 Å². The average molecular weight is 776 g/mol. The third-order valence-corrected chi connectivity index (χ3v) is 11.9. The van der Waals surface area contributed by atoms with Crippen LogP contribution in [0.1, 0.15) is 100 Å². The highest BCUT2D eigenvalue weighted by Gasteiger charge is 2.25. The van der Waals surface area contributed by atoms with Crippen LogP contribution in [0, 0.1) is 27.7 Å². The largest absolute Gasteiger partial charge is 0.507 e. The van der Waals surface area contributed by atoms with Gasteiger partial charge in [0.2, 0.25) is 0 Å². The van der Waals surface area contributed by atoms with Crippen molar-refractivity contribution >= 4 is 21.9 Å². The number of aryl methyl sites for hydroxylation is 4. The van der Waals surface area contributed by atoms with Gasteiger partial charge in [0, 0.05) is 28.4 Å². The summed E-state index contributed by atoms with van der Waals surface area (Å²) in [5.74, 6) is 1.29. The summed E-state index contributed by atoms with van der Waals surface area (Å²) in [5, 5.41) is 12.9. The monoisotopic (exact) mass is 775 g/mol. The Morgan fingerprint density at radius 3 is 1.85 bits per heavy atom. The summed E-state index contributed by atoms with van der Waals surface area (Å²) >= 11 is 0. The number of benzene rings is 6. The van der Waals surface area contributed by atoms with Gasteiger partial charge < -0.3 is 5.11 Å². The van der Waals surface area contributed by atoms with Gasteiger partial charge >= 0.3 is 0 Å². The number of hydrogen-bond donors (Lipinski definition) is 1. The molecule has 0 aliphatic rings. The normalized spacial score (nSPS) is 12.3. The van der Waals surface area contributed by atoms with Crippen LogP contribution in [0.5, 0.6) is 5.75 Å². The molecule has 8 rings (SSSR count). The predicted octanol–water partition coefficient (Wildman–Crippen LogP) is 14.9. The smallest absolute Gasteiger partial charge is 0.149 e. The highest BCUT2D eigenvalue weighted by atomic mass is 16.3. The maximum absolute atomic E-state index is 11.7. The minimum absolute atomic E-state index is 0.00264. The number of hydrogen-bond acceptors (Lipinski definition) is 3. The minimum atomic E-state index is -0.128. The second-order valence-electron chi connectivity index (χ2n) is 19.1. The fraction of sp³-hybridized carbons (Fsp3) is 0.273. The molecule has 1 N–H and O–H groups in total. The van der Waals surface area contributed by atoms with E-state index < -0.39 is 0 Å². The van der Waals surface area contributed by atoms with Crippen LogP contribution >= 0.6 is 0 Å². The molecule has 8 aromatic rings. The average Bonchev–Trinajstić information content (AvgIpc) is 3.55. The number of phenolic OH excluding ortho intramolecular Hbond substituents is 1. The molecule has 0 aliphatic heterocycles. The van der Waals surface area contributed by atoms with E-state index in [1.807, 2.05) is 18.3 Å². The molecule has 0 amide bonds. The van der Waals surface area contributed by atoms with Crippen LogP contribution in [-0.2, 0) is 10.8 Å². The van der Waals surface area contributed by atoms with E-state index in [9.17, 15) is 5.11 Å². The maximum Gasteiger partial charge on any atom is 0.149 e. The third-order valence-electron chi connectivity index (χ3n) is 11.9. The first-order chi connectivity index (χ1) is 27.9. The van der Waals surface area contributed by atoms with Gasteiger partial charge in [-0.25, -0.2) is 4.98 Å². The molecule has 0 saturated heterocycles. The Balaban J connectivity index is 1.49. The lowest BCUT2D eigenvalue weighted by molar-refractivity contribution is 0.475. The van der Waals surface area contributed by atoms with E-state index >= 15 is 0 Å². The van der Waals surface area contributed by atoms with E-state index in [0.717, 1.165) is 61.2 Å². The highest BCUT2D eigenvalue weighted by molar-refractivity contribution is 6.02. The lowest BCUT2D eigenvalue weighted by Crippen LogP contribution is -2.11. The summed E-state index contributed by atoms with van der Waals surface area (Å²) in [6.07, 6.45) is 1.95. The fourth-order valence-corrected chi connectivity index (χ4v) is 8.94. The van der Waals surface area contributed by atoms with E-state index in [0.29, 0.717) is 17.3 Å². The van der Waals surface area contributed by atoms with E-state index in [2.05, 4.69) is 185 Å². The summed E-state index contributed by atoms with van der Waals surface area (Å²) in [4.78, 5) is 10.5. The number of nitrogens with zero attached hydrogens (tertiary/aromatic N) is 3. The first-order valence-electron chi connectivity index (χ1n) is 21.0. The summed E-state index contributed by atoms with van der Waals surface area (Å²) in [6.45, 7) is 26.6. The van der Waals surface area contributed by atoms with Gasteiger partial charge in [-0.3, -0.25) is 9.55 Å². The van der Waals surface area contributed by atoms with Crippen LogP contribution in [0.4, 0.5) is 0 Å². The van der Waals surface area contributed by atoms with Crippen molar-refractivity contribution in [2.24, 2.45) is 0 Å². The number of rotatable bonds is 6. The molecule has 59 heavy (non-hydrogen) atoms. The Bertz CT molecular complexity index is 2890. The molecule has 298 valence electrons. The van der Waals surface area contributed by atoms with E-state index in [-0.39, 0.29) is 16.6 Å². The van der Waals surface area contributed by atoms with Crippen molar-refractivity contribution in [2.75, 3.05) is 0 Å². The van der Waals surface area contributed by atoms with Crippen LogP contribution in [0.2, 0.25) is 0 Å². The Hall–Kier alpha value is -6.00. The zero-order chi connectivity index (χ0) is 42.1. The van der Waals surface area contributed by atoms with Crippen molar-refractivity contribution in [1.82, 2.24) is 14.5 Å².